The van der Waals surface area contributed by atoms with Gasteiger partial charge >= 0.3 is 5.97 Å². The van der Waals surface area contributed by atoms with E-state index in [4.69, 9.17) is 5.73 Å². The Morgan fingerprint density at radius 1 is 1.35 bits per heavy atom. The van der Waals surface area contributed by atoms with E-state index in [-0.39, 0.29) is 12.6 Å². The Bertz CT molecular complexity index is 340. The summed E-state index contributed by atoms with van der Waals surface area (Å²) < 4.78 is 30.5. The van der Waals surface area contributed by atoms with Crippen molar-refractivity contribution < 1.29 is 17.9 Å². The summed E-state index contributed by atoms with van der Waals surface area (Å²) in [6.45, 7) is 5.43. The van der Waals surface area contributed by atoms with Crippen LogP contribution in [0.5, 0.6) is 0 Å². The molecule has 2 atom stereocenters. The smallest absolute Gasteiger partial charge is 0.325 e. The van der Waals surface area contributed by atoms with Crippen LogP contribution in [0.25, 0.3) is 0 Å². The second-order valence-electron chi connectivity index (χ2n) is 4.39. The molecule has 0 aromatic heterocycles. The molecular weight excluding hydrogens is 244 g/mol. The molecule has 0 aromatic rings. The Hall–Kier alpha value is -0.660. The highest BCUT2D eigenvalue weighted by atomic mass is 32.2. The zero-order valence-electron chi connectivity index (χ0n) is 10.8. The van der Waals surface area contributed by atoms with Gasteiger partial charge in [-0.15, -0.1) is 0 Å². The van der Waals surface area contributed by atoms with E-state index < -0.39 is 21.2 Å². The van der Waals surface area contributed by atoms with Crippen LogP contribution in [0.3, 0.4) is 0 Å². The van der Waals surface area contributed by atoms with Crippen LogP contribution in [0.4, 0.5) is 0 Å². The minimum Gasteiger partial charge on any atom is -0.468 e. The highest BCUT2D eigenvalue weighted by Crippen LogP contribution is 2.08. The van der Waals surface area contributed by atoms with Crippen LogP contribution < -0.4 is 10.5 Å². The molecule has 7 heteroatoms. The second-order valence-corrected chi connectivity index (χ2v) is 6.42. The average molecular weight is 266 g/mol. The lowest BCUT2D eigenvalue weighted by molar-refractivity contribution is -0.139. The van der Waals surface area contributed by atoms with Crippen molar-refractivity contribution in [2.45, 2.75) is 38.5 Å². The first-order chi connectivity index (χ1) is 7.74. The average Bonchev–Trinajstić information content (AvgIpc) is 2.24. The normalized spacial score (nSPS) is 15.6. The summed E-state index contributed by atoms with van der Waals surface area (Å²) in [4.78, 5) is 11.2. The summed E-state index contributed by atoms with van der Waals surface area (Å²) in [6.07, 6.45) is 0.629. The van der Waals surface area contributed by atoms with Gasteiger partial charge in [-0.3, -0.25) is 4.79 Å². The van der Waals surface area contributed by atoms with Crippen LogP contribution in [0.1, 0.15) is 27.2 Å². The molecule has 0 bridgehead atoms. The summed E-state index contributed by atoms with van der Waals surface area (Å²) in [7, 11) is -2.58. The van der Waals surface area contributed by atoms with Crippen LogP contribution >= 0.6 is 0 Å². The monoisotopic (exact) mass is 266 g/mol. The van der Waals surface area contributed by atoms with Crippen LogP contribution in [-0.2, 0) is 19.6 Å². The first kappa shape index (κ1) is 16.3. The zero-order chi connectivity index (χ0) is 13.6. The number of esters is 1. The minimum absolute atomic E-state index is 0.200. The first-order valence-electron chi connectivity index (χ1n) is 5.53. The molecule has 0 radical (unpaired) electrons. The van der Waals surface area contributed by atoms with E-state index in [0.29, 0.717) is 12.3 Å². The van der Waals surface area contributed by atoms with E-state index in [1.165, 1.54) is 6.92 Å². The number of sulfonamides is 1. The molecule has 0 amide bonds. The first-order valence-corrected chi connectivity index (χ1v) is 7.08. The van der Waals surface area contributed by atoms with Gasteiger partial charge in [-0.25, -0.2) is 13.1 Å². The van der Waals surface area contributed by atoms with Gasteiger partial charge in [-0.05, 0) is 19.3 Å². The number of nitrogens with one attached hydrogen (secondary N) is 1. The Morgan fingerprint density at radius 3 is 2.24 bits per heavy atom. The van der Waals surface area contributed by atoms with Gasteiger partial charge in [0.2, 0.25) is 10.0 Å². The molecule has 0 aliphatic heterocycles. The van der Waals surface area contributed by atoms with Gasteiger partial charge < -0.3 is 10.5 Å². The van der Waals surface area contributed by atoms with Crippen LogP contribution in [-0.4, -0.2) is 39.3 Å². The van der Waals surface area contributed by atoms with Crippen molar-refractivity contribution >= 4 is 16.0 Å². The summed E-state index contributed by atoms with van der Waals surface area (Å²) >= 11 is 0. The molecule has 0 fully saturated rings. The number of nitrogens with two attached hydrogens (primary N) is 1. The van der Waals surface area contributed by atoms with Crippen molar-refractivity contribution in [1.82, 2.24) is 4.72 Å². The van der Waals surface area contributed by atoms with Crippen molar-refractivity contribution in [1.29, 1.82) is 0 Å². The Balaban J connectivity index is 4.67. The molecule has 2 unspecified atom stereocenters. The Kier molecular flexibility index (Phi) is 6.66. The lowest BCUT2D eigenvalue weighted by atomic mass is 10.1. The molecule has 0 saturated heterocycles. The molecular formula is C10H22N2O4S. The van der Waals surface area contributed by atoms with Gasteiger partial charge in [0.05, 0.1) is 7.11 Å². The van der Waals surface area contributed by atoms with Gasteiger partial charge in [0.15, 0.2) is 5.25 Å². The van der Waals surface area contributed by atoms with Crippen LogP contribution in [0.15, 0.2) is 0 Å². The van der Waals surface area contributed by atoms with Gasteiger partial charge in [-0.2, -0.15) is 0 Å². The molecule has 0 aromatic carbocycles. The second kappa shape index (κ2) is 6.93. The molecule has 0 heterocycles. The zero-order valence-corrected chi connectivity index (χ0v) is 11.6. The highest BCUT2D eigenvalue weighted by molar-refractivity contribution is 7.90. The van der Waals surface area contributed by atoms with Gasteiger partial charge in [0, 0.05) is 12.6 Å². The predicted molar refractivity (Wildman–Crippen MR) is 65.8 cm³/mol. The standard InChI is InChI=1S/C10H22N2O4S/c1-7(2)5-9(6-11)12-17(14,15)8(3)10(13)16-4/h7-9,12H,5-6,11H2,1-4H3. The van der Waals surface area contributed by atoms with Crippen LogP contribution in [0, 0.1) is 5.92 Å². The Labute approximate surface area is 103 Å². The summed E-state index contributed by atoms with van der Waals surface area (Å²) in [6, 6.07) is -0.355. The van der Waals surface area contributed by atoms with E-state index in [2.05, 4.69) is 9.46 Å². The van der Waals surface area contributed by atoms with E-state index in [1.807, 2.05) is 13.8 Å². The number of hydrogen-bond acceptors (Lipinski definition) is 5. The van der Waals surface area contributed by atoms with Crippen molar-refractivity contribution in [2.24, 2.45) is 11.7 Å². The molecule has 0 rings (SSSR count). The van der Waals surface area contributed by atoms with Gasteiger partial charge in [0.1, 0.15) is 0 Å². The number of hydrogen-bond donors (Lipinski definition) is 2. The molecule has 102 valence electrons. The fourth-order valence-electron chi connectivity index (χ4n) is 1.39. The molecule has 17 heavy (non-hydrogen) atoms. The van der Waals surface area contributed by atoms with Crippen molar-refractivity contribution in [3.8, 4) is 0 Å². The number of ether oxygens (including phenoxy) is 1. The topological polar surface area (TPSA) is 98.5 Å². The molecule has 0 saturated carbocycles. The third-order valence-electron chi connectivity index (χ3n) is 2.37. The lowest BCUT2D eigenvalue weighted by Gasteiger charge is -2.20. The van der Waals surface area contributed by atoms with E-state index in [0.717, 1.165) is 7.11 Å². The summed E-state index contributed by atoms with van der Waals surface area (Å²) in [5.41, 5.74) is 5.49. The van der Waals surface area contributed by atoms with E-state index in [9.17, 15) is 13.2 Å². The fraction of sp³-hybridized carbons (Fsp3) is 0.900. The summed E-state index contributed by atoms with van der Waals surface area (Å²) in [5, 5.41) is -1.23. The quantitative estimate of drug-likeness (QED) is 0.624. The molecule has 3 N–H and O–H groups in total. The SMILES string of the molecule is COC(=O)C(C)S(=O)(=O)NC(CN)CC(C)C. The fourth-order valence-corrected chi connectivity index (χ4v) is 2.60. The van der Waals surface area contributed by atoms with Gasteiger partial charge in [0.25, 0.3) is 0 Å². The number of carbonyl (C=O) groups is 1. The maximum absolute atomic E-state index is 11.8. The predicted octanol–water partition coefficient (Wildman–Crippen LogP) is -0.159. The van der Waals surface area contributed by atoms with Crippen LogP contribution in [0.2, 0.25) is 0 Å². The van der Waals surface area contributed by atoms with E-state index in [1.54, 1.807) is 0 Å². The lowest BCUT2D eigenvalue weighted by Crippen LogP contribution is -2.46. The third kappa shape index (κ3) is 5.47. The largest absolute Gasteiger partial charge is 0.468 e. The Morgan fingerprint density at radius 2 is 1.88 bits per heavy atom. The number of rotatable bonds is 7. The van der Waals surface area contributed by atoms with E-state index >= 15 is 0 Å². The van der Waals surface area contributed by atoms with Crippen molar-refractivity contribution in [3.63, 3.8) is 0 Å². The maximum Gasteiger partial charge on any atom is 0.325 e. The number of carbonyl (C=O) groups excluding carboxylic acids is 1. The van der Waals surface area contributed by atoms with Gasteiger partial charge in [-0.1, -0.05) is 13.8 Å². The third-order valence-corrected chi connectivity index (χ3v) is 4.16. The van der Waals surface area contributed by atoms with Crippen molar-refractivity contribution in [3.05, 3.63) is 0 Å². The maximum atomic E-state index is 11.8. The summed E-state index contributed by atoms with van der Waals surface area (Å²) in [5.74, 6) is -0.461. The minimum atomic E-state index is -3.73. The molecule has 0 aliphatic carbocycles. The molecule has 0 spiro atoms. The highest BCUT2D eigenvalue weighted by Gasteiger charge is 2.30. The molecule has 0 aliphatic rings. The van der Waals surface area contributed by atoms with Crippen molar-refractivity contribution in [2.75, 3.05) is 13.7 Å². The number of methoxy groups -OCH3 is 1. The molecule has 6 nitrogen and oxygen atoms in total.